The molecule has 1 aliphatic rings. The summed E-state index contributed by atoms with van der Waals surface area (Å²) in [6, 6.07) is 10.6. The van der Waals surface area contributed by atoms with Crippen LogP contribution in [0.5, 0.6) is 23.0 Å². The highest BCUT2D eigenvalue weighted by atomic mass is 16.6. The van der Waals surface area contributed by atoms with E-state index in [2.05, 4.69) is 0 Å². The number of nitrogens with two attached hydrogens (primary N) is 1. The molecular weight excluding hydrogens is 258 g/mol. The summed E-state index contributed by atoms with van der Waals surface area (Å²) in [5.41, 5.74) is 7.12. The van der Waals surface area contributed by atoms with Gasteiger partial charge >= 0.3 is 0 Å². The average Bonchev–Trinajstić information content (AvgIpc) is 2.48. The van der Waals surface area contributed by atoms with Gasteiger partial charge in [0.05, 0.1) is 12.3 Å². The number of para-hydroxylation sites is 1. The third-order valence-electron chi connectivity index (χ3n) is 3.04. The number of anilines is 1. The predicted octanol–water partition coefficient (Wildman–Crippen LogP) is 2.32. The molecule has 0 saturated carbocycles. The molecular formula is C15H15NO4. The van der Waals surface area contributed by atoms with E-state index in [1.807, 2.05) is 12.1 Å². The van der Waals surface area contributed by atoms with Crippen LogP contribution in [0.3, 0.4) is 0 Å². The summed E-state index contributed by atoms with van der Waals surface area (Å²) in [5, 5.41) is 9.30. The van der Waals surface area contributed by atoms with Crippen molar-refractivity contribution in [2.75, 3.05) is 18.9 Å². The summed E-state index contributed by atoms with van der Waals surface area (Å²) in [6.45, 7) is 0.921. The van der Waals surface area contributed by atoms with E-state index in [0.29, 0.717) is 47.5 Å². The Balaban J connectivity index is 1.94. The van der Waals surface area contributed by atoms with Crippen LogP contribution in [0, 0.1) is 0 Å². The minimum Gasteiger partial charge on any atom is -0.486 e. The van der Waals surface area contributed by atoms with Gasteiger partial charge in [0, 0.05) is 17.7 Å². The molecule has 1 heterocycles. The van der Waals surface area contributed by atoms with Crippen LogP contribution >= 0.6 is 0 Å². The summed E-state index contributed by atoms with van der Waals surface area (Å²) < 4.78 is 16.7. The monoisotopic (exact) mass is 273 g/mol. The van der Waals surface area contributed by atoms with Crippen LogP contribution in [0.1, 0.15) is 5.56 Å². The van der Waals surface area contributed by atoms with Crippen LogP contribution in [-0.2, 0) is 6.61 Å². The smallest absolute Gasteiger partial charge is 0.165 e. The van der Waals surface area contributed by atoms with Crippen LogP contribution in [0.25, 0.3) is 0 Å². The molecule has 3 rings (SSSR count). The van der Waals surface area contributed by atoms with Crippen LogP contribution < -0.4 is 19.9 Å². The molecule has 0 radical (unpaired) electrons. The average molecular weight is 273 g/mol. The number of ether oxygens (including phenoxy) is 3. The molecule has 0 amide bonds. The summed E-state index contributed by atoms with van der Waals surface area (Å²) >= 11 is 0. The molecule has 2 aromatic rings. The number of aliphatic hydroxyl groups excluding tert-OH is 1. The highest BCUT2D eigenvalue weighted by Gasteiger charge is 2.16. The van der Waals surface area contributed by atoms with E-state index in [1.165, 1.54) is 0 Å². The summed E-state index contributed by atoms with van der Waals surface area (Å²) in [4.78, 5) is 0. The minimum atomic E-state index is -0.0966. The SMILES string of the molecule is Nc1cc2c(cc1Oc1ccccc1CO)OCCO2. The molecule has 0 aliphatic carbocycles. The topological polar surface area (TPSA) is 73.9 Å². The van der Waals surface area contributed by atoms with Crippen molar-refractivity contribution in [2.24, 2.45) is 0 Å². The minimum absolute atomic E-state index is 0.0966. The van der Waals surface area contributed by atoms with Gasteiger partial charge in [-0.25, -0.2) is 0 Å². The molecule has 2 aromatic carbocycles. The number of fused-ring (bicyclic) bond motifs is 1. The lowest BCUT2D eigenvalue weighted by Gasteiger charge is -2.20. The highest BCUT2D eigenvalue weighted by molar-refractivity contribution is 5.63. The second-order valence-corrected chi connectivity index (χ2v) is 4.40. The van der Waals surface area contributed by atoms with E-state index in [4.69, 9.17) is 19.9 Å². The van der Waals surface area contributed by atoms with E-state index in [-0.39, 0.29) is 6.61 Å². The van der Waals surface area contributed by atoms with Crippen LogP contribution in [0.15, 0.2) is 36.4 Å². The number of aliphatic hydroxyl groups is 1. The van der Waals surface area contributed by atoms with Crippen molar-refractivity contribution in [1.29, 1.82) is 0 Å². The fourth-order valence-electron chi connectivity index (χ4n) is 2.03. The maximum Gasteiger partial charge on any atom is 0.165 e. The lowest BCUT2D eigenvalue weighted by Crippen LogP contribution is -2.15. The molecule has 0 bridgehead atoms. The Morgan fingerprint density at radius 2 is 1.75 bits per heavy atom. The Kier molecular flexibility index (Phi) is 3.35. The van der Waals surface area contributed by atoms with E-state index >= 15 is 0 Å². The summed E-state index contributed by atoms with van der Waals surface area (Å²) in [7, 11) is 0. The summed E-state index contributed by atoms with van der Waals surface area (Å²) in [5.74, 6) is 2.28. The van der Waals surface area contributed by atoms with Gasteiger partial charge in [-0.15, -0.1) is 0 Å². The second kappa shape index (κ2) is 5.30. The van der Waals surface area contributed by atoms with Crippen molar-refractivity contribution in [2.45, 2.75) is 6.61 Å². The molecule has 20 heavy (non-hydrogen) atoms. The quantitative estimate of drug-likeness (QED) is 0.839. The van der Waals surface area contributed by atoms with Crippen molar-refractivity contribution in [3.8, 4) is 23.0 Å². The molecule has 0 saturated heterocycles. The Labute approximate surface area is 116 Å². The third kappa shape index (κ3) is 2.35. The van der Waals surface area contributed by atoms with Crippen LogP contribution in [0.2, 0.25) is 0 Å². The Morgan fingerprint density at radius 1 is 1.05 bits per heavy atom. The normalized spacial score (nSPS) is 13.1. The molecule has 1 aliphatic heterocycles. The van der Waals surface area contributed by atoms with Gasteiger partial charge in [-0.3, -0.25) is 0 Å². The standard InChI is InChI=1S/C15H15NO4/c16-11-7-14-15(19-6-5-18-14)8-13(11)20-12-4-2-1-3-10(12)9-17/h1-4,7-8,17H,5-6,9,16H2. The van der Waals surface area contributed by atoms with Gasteiger partial charge in [0.25, 0.3) is 0 Å². The number of rotatable bonds is 3. The van der Waals surface area contributed by atoms with E-state index in [0.717, 1.165) is 0 Å². The molecule has 0 atom stereocenters. The molecule has 104 valence electrons. The van der Waals surface area contributed by atoms with Gasteiger partial charge in [0.2, 0.25) is 0 Å². The van der Waals surface area contributed by atoms with Crippen LogP contribution in [-0.4, -0.2) is 18.3 Å². The maximum absolute atomic E-state index is 9.30. The van der Waals surface area contributed by atoms with Crippen LogP contribution in [0.4, 0.5) is 5.69 Å². The Bertz CT molecular complexity index is 627. The van der Waals surface area contributed by atoms with Crippen molar-refractivity contribution < 1.29 is 19.3 Å². The third-order valence-corrected chi connectivity index (χ3v) is 3.04. The lowest BCUT2D eigenvalue weighted by atomic mass is 10.2. The lowest BCUT2D eigenvalue weighted by molar-refractivity contribution is 0.171. The molecule has 3 N–H and O–H groups in total. The molecule has 0 unspecified atom stereocenters. The first-order valence-electron chi connectivity index (χ1n) is 6.33. The first-order chi connectivity index (χ1) is 9.78. The molecule has 5 nitrogen and oxygen atoms in total. The predicted molar refractivity (Wildman–Crippen MR) is 74.3 cm³/mol. The van der Waals surface area contributed by atoms with E-state index in [1.54, 1.807) is 24.3 Å². The molecule has 0 aromatic heterocycles. The van der Waals surface area contributed by atoms with Gasteiger partial charge in [0.1, 0.15) is 19.0 Å². The number of benzene rings is 2. The van der Waals surface area contributed by atoms with Gasteiger partial charge < -0.3 is 25.1 Å². The van der Waals surface area contributed by atoms with Crippen molar-refractivity contribution in [1.82, 2.24) is 0 Å². The summed E-state index contributed by atoms with van der Waals surface area (Å²) in [6.07, 6.45) is 0. The zero-order valence-electron chi connectivity index (χ0n) is 10.8. The zero-order chi connectivity index (χ0) is 13.9. The Hall–Kier alpha value is -2.40. The van der Waals surface area contributed by atoms with Gasteiger partial charge in [0.15, 0.2) is 17.2 Å². The van der Waals surface area contributed by atoms with E-state index in [9.17, 15) is 5.11 Å². The van der Waals surface area contributed by atoms with E-state index < -0.39 is 0 Å². The molecule has 5 heteroatoms. The van der Waals surface area contributed by atoms with Gasteiger partial charge in [-0.2, -0.15) is 0 Å². The first-order valence-corrected chi connectivity index (χ1v) is 6.33. The maximum atomic E-state index is 9.30. The van der Waals surface area contributed by atoms with Crippen molar-refractivity contribution >= 4 is 5.69 Å². The number of hydrogen-bond donors (Lipinski definition) is 2. The highest BCUT2D eigenvalue weighted by Crippen LogP contribution is 2.40. The van der Waals surface area contributed by atoms with Crippen molar-refractivity contribution in [3.05, 3.63) is 42.0 Å². The molecule has 0 spiro atoms. The fourth-order valence-corrected chi connectivity index (χ4v) is 2.03. The second-order valence-electron chi connectivity index (χ2n) is 4.40. The zero-order valence-corrected chi connectivity index (χ0v) is 10.8. The van der Waals surface area contributed by atoms with Crippen molar-refractivity contribution in [3.63, 3.8) is 0 Å². The molecule has 0 fully saturated rings. The Morgan fingerprint density at radius 3 is 2.50 bits per heavy atom. The van der Waals surface area contributed by atoms with Gasteiger partial charge in [-0.1, -0.05) is 18.2 Å². The first kappa shape index (κ1) is 12.6. The number of nitrogen functional groups attached to an aromatic ring is 1. The fraction of sp³-hybridized carbons (Fsp3) is 0.200. The number of hydrogen-bond acceptors (Lipinski definition) is 5. The van der Waals surface area contributed by atoms with Gasteiger partial charge in [-0.05, 0) is 6.07 Å². The largest absolute Gasteiger partial charge is 0.486 e.